The molecule has 0 bridgehead atoms. The summed E-state index contributed by atoms with van der Waals surface area (Å²) >= 11 is 0. The van der Waals surface area contributed by atoms with E-state index in [4.69, 9.17) is 4.74 Å². The normalized spacial score (nSPS) is 36.5. The Kier molecular flexibility index (Phi) is 4.45. The van der Waals surface area contributed by atoms with Gasteiger partial charge in [0.05, 0.1) is 6.10 Å². The van der Waals surface area contributed by atoms with Crippen LogP contribution in [0.2, 0.25) is 0 Å². The number of piperazine rings is 1. The van der Waals surface area contributed by atoms with E-state index in [-0.39, 0.29) is 0 Å². The second kappa shape index (κ2) is 6.11. The topological polar surface area (TPSA) is 24.5 Å². The molecule has 19 heavy (non-hydrogen) atoms. The molecular formula is C16H30N2O. The Balaban J connectivity index is 1.67. The molecule has 0 aromatic carbocycles. The third kappa shape index (κ3) is 2.84. The summed E-state index contributed by atoms with van der Waals surface area (Å²) in [4.78, 5) is 2.91. The Morgan fingerprint density at radius 2 is 1.79 bits per heavy atom. The van der Waals surface area contributed by atoms with Crippen molar-refractivity contribution in [3.8, 4) is 0 Å². The minimum atomic E-state index is 0.501. The van der Waals surface area contributed by atoms with Gasteiger partial charge in [-0.05, 0) is 38.5 Å². The Bertz CT molecular complexity index is 272. The first-order chi connectivity index (χ1) is 9.34. The summed E-state index contributed by atoms with van der Waals surface area (Å²) in [5, 5.41) is 3.67. The molecule has 0 aromatic rings. The molecule has 1 N–H and O–H groups in total. The van der Waals surface area contributed by atoms with E-state index >= 15 is 0 Å². The molecule has 0 unspecified atom stereocenters. The van der Waals surface area contributed by atoms with Crippen molar-refractivity contribution < 1.29 is 4.74 Å². The van der Waals surface area contributed by atoms with Crippen LogP contribution in [0.3, 0.4) is 0 Å². The maximum Gasteiger partial charge on any atom is 0.0572 e. The molecule has 2 saturated carbocycles. The van der Waals surface area contributed by atoms with E-state index in [0.29, 0.717) is 11.6 Å². The van der Waals surface area contributed by atoms with Gasteiger partial charge in [-0.2, -0.15) is 0 Å². The standard InChI is InChI=1S/C16H30N2O/c1-19-15-7-5-14(6-8-15)18-12-11-17-13-16(18)9-3-2-4-10-16/h14-15,17H,2-13H2,1H3. The van der Waals surface area contributed by atoms with Crippen LogP contribution in [-0.2, 0) is 4.74 Å². The number of methoxy groups -OCH3 is 1. The predicted octanol–water partition coefficient (Wildman–Crippen LogP) is 2.55. The second-order valence-corrected chi connectivity index (χ2v) is 6.82. The number of hydrogen-bond acceptors (Lipinski definition) is 3. The van der Waals surface area contributed by atoms with Crippen molar-refractivity contribution in [2.24, 2.45) is 0 Å². The van der Waals surface area contributed by atoms with Gasteiger partial charge in [-0.25, -0.2) is 0 Å². The van der Waals surface area contributed by atoms with E-state index in [2.05, 4.69) is 10.2 Å². The van der Waals surface area contributed by atoms with Crippen molar-refractivity contribution in [3.63, 3.8) is 0 Å². The number of hydrogen-bond donors (Lipinski definition) is 1. The van der Waals surface area contributed by atoms with Crippen LogP contribution in [0.1, 0.15) is 57.8 Å². The van der Waals surface area contributed by atoms with Gasteiger partial charge in [0.2, 0.25) is 0 Å². The molecule has 0 amide bonds. The van der Waals surface area contributed by atoms with Crippen molar-refractivity contribution >= 4 is 0 Å². The van der Waals surface area contributed by atoms with Crippen LogP contribution >= 0.6 is 0 Å². The van der Waals surface area contributed by atoms with Crippen molar-refractivity contribution in [2.75, 3.05) is 26.7 Å². The lowest BCUT2D eigenvalue weighted by atomic mass is 9.76. The van der Waals surface area contributed by atoms with Gasteiger partial charge < -0.3 is 10.1 Å². The first kappa shape index (κ1) is 13.8. The minimum Gasteiger partial charge on any atom is -0.381 e. The minimum absolute atomic E-state index is 0.501. The van der Waals surface area contributed by atoms with Crippen LogP contribution in [-0.4, -0.2) is 49.3 Å². The van der Waals surface area contributed by atoms with E-state index in [0.717, 1.165) is 6.04 Å². The largest absolute Gasteiger partial charge is 0.381 e. The Morgan fingerprint density at radius 3 is 2.47 bits per heavy atom. The zero-order valence-corrected chi connectivity index (χ0v) is 12.5. The van der Waals surface area contributed by atoms with Crippen molar-refractivity contribution in [1.29, 1.82) is 0 Å². The molecule has 2 aliphatic carbocycles. The van der Waals surface area contributed by atoms with E-state index in [1.54, 1.807) is 0 Å². The van der Waals surface area contributed by atoms with Crippen molar-refractivity contribution in [1.82, 2.24) is 10.2 Å². The van der Waals surface area contributed by atoms with Gasteiger partial charge in [-0.15, -0.1) is 0 Å². The fraction of sp³-hybridized carbons (Fsp3) is 1.00. The van der Waals surface area contributed by atoms with E-state index < -0.39 is 0 Å². The molecule has 1 saturated heterocycles. The summed E-state index contributed by atoms with van der Waals surface area (Å²) in [6.45, 7) is 3.69. The van der Waals surface area contributed by atoms with Gasteiger partial charge in [0.15, 0.2) is 0 Å². The number of rotatable bonds is 2. The van der Waals surface area contributed by atoms with Crippen LogP contribution in [0.4, 0.5) is 0 Å². The molecule has 0 aromatic heterocycles. The molecule has 3 aliphatic rings. The molecule has 0 radical (unpaired) electrons. The monoisotopic (exact) mass is 266 g/mol. The van der Waals surface area contributed by atoms with Crippen molar-refractivity contribution in [3.05, 3.63) is 0 Å². The average Bonchev–Trinajstić information content (AvgIpc) is 2.49. The van der Waals surface area contributed by atoms with Crippen LogP contribution in [0.5, 0.6) is 0 Å². The van der Waals surface area contributed by atoms with Gasteiger partial charge in [-0.1, -0.05) is 19.3 Å². The zero-order valence-electron chi connectivity index (χ0n) is 12.5. The zero-order chi connectivity index (χ0) is 13.1. The van der Waals surface area contributed by atoms with Gasteiger partial charge in [0.1, 0.15) is 0 Å². The Labute approximate surface area is 118 Å². The Hall–Kier alpha value is -0.120. The van der Waals surface area contributed by atoms with E-state index in [1.165, 1.54) is 77.4 Å². The summed E-state index contributed by atoms with van der Waals surface area (Å²) in [7, 11) is 1.87. The quantitative estimate of drug-likeness (QED) is 0.831. The molecule has 3 nitrogen and oxygen atoms in total. The van der Waals surface area contributed by atoms with Crippen molar-refractivity contribution in [2.45, 2.75) is 75.5 Å². The summed E-state index contributed by atoms with van der Waals surface area (Å²) in [5.41, 5.74) is 0.501. The molecule has 1 aliphatic heterocycles. The highest BCUT2D eigenvalue weighted by atomic mass is 16.5. The third-order valence-electron chi connectivity index (χ3n) is 5.79. The maximum atomic E-state index is 5.53. The highest BCUT2D eigenvalue weighted by Crippen LogP contribution is 2.38. The predicted molar refractivity (Wildman–Crippen MR) is 78.4 cm³/mol. The highest BCUT2D eigenvalue weighted by Gasteiger charge is 2.43. The highest BCUT2D eigenvalue weighted by molar-refractivity contribution is 5.01. The Morgan fingerprint density at radius 1 is 1.05 bits per heavy atom. The molecule has 3 fully saturated rings. The van der Waals surface area contributed by atoms with Gasteiger partial charge in [-0.3, -0.25) is 4.90 Å². The molecule has 3 heteroatoms. The molecule has 3 rings (SSSR count). The van der Waals surface area contributed by atoms with Gasteiger partial charge in [0, 0.05) is 38.3 Å². The van der Waals surface area contributed by atoms with E-state index in [9.17, 15) is 0 Å². The molecule has 1 spiro atoms. The molecule has 0 atom stereocenters. The lowest BCUT2D eigenvalue weighted by molar-refractivity contribution is -0.0373. The third-order valence-corrected chi connectivity index (χ3v) is 5.79. The molecule has 110 valence electrons. The summed E-state index contributed by atoms with van der Waals surface area (Å²) in [5.74, 6) is 0. The first-order valence-electron chi connectivity index (χ1n) is 8.34. The average molecular weight is 266 g/mol. The fourth-order valence-corrected chi connectivity index (χ4v) is 4.70. The van der Waals surface area contributed by atoms with Crippen LogP contribution in [0.15, 0.2) is 0 Å². The van der Waals surface area contributed by atoms with Crippen LogP contribution in [0, 0.1) is 0 Å². The number of nitrogens with zero attached hydrogens (tertiary/aromatic N) is 1. The van der Waals surface area contributed by atoms with Crippen LogP contribution in [0.25, 0.3) is 0 Å². The summed E-state index contributed by atoms with van der Waals surface area (Å²) in [6, 6.07) is 0.826. The summed E-state index contributed by atoms with van der Waals surface area (Å²) in [6.07, 6.45) is 12.9. The molecular weight excluding hydrogens is 236 g/mol. The van der Waals surface area contributed by atoms with Gasteiger partial charge in [0.25, 0.3) is 0 Å². The number of nitrogens with one attached hydrogen (secondary N) is 1. The lowest BCUT2D eigenvalue weighted by Gasteiger charge is -2.54. The van der Waals surface area contributed by atoms with Gasteiger partial charge >= 0.3 is 0 Å². The molecule has 1 heterocycles. The van der Waals surface area contributed by atoms with Crippen LogP contribution < -0.4 is 5.32 Å². The summed E-state index contributed by atoms with van der Waals surface area (Å²) < 4.78 is 5.53. The first-order valence-corrected chi connectivity index (χ1v) is 8.34. The SMILES string of the molecule is COC1CCC(N2CCNCC23CCCCC3)CC1. The second-order valence-electron chi connectivity index (χ2n) is 6.82. The van der Waals surface area contributed by atoms with E-state index in [1.807, 2.05) is 7.11 Å². The lowest BCUT2D eigenvalue weighted by Crippen LogP contribution is -2.65. The fourth-order valence-electron chi connectivity index (χ4n) is 4.70. The smallest absolute Gasteiger partial charge is 0.0572 e. The number of ether oxygens (including phenoxy) is 1. The maximum absolute atomic E-state index is 5.53.